The summed E-state index contributed by atoms with van der Waals surface area (Å²) in [5.41, 5.74) is -0.400. The van der Waals surface area contributed by atoms with Crippen LogP contribution in [-0.2, 0) is 9.47 Å². The van der Waals surface area contributed by atoms with Gasteiger partial charge in [-0.15, -0.1) is 0 Å². The lowest BCUT2D eigenvalue weighted by molar-refractivity contribution is -0.105. The van der Waals surface area contributed by atoms with Crippen molar-refractivity contribution in [1.29, 1.82) is 0 Å². The summed E-state index contributed by atoms with van der Waals surface area (Å²) in [7, 11) is 0. The van der Waals surface area contributed by atoms with E-state index in [9.17, 15) is 0 Å². The van der Waals surface area contributed by atoms with Gasteiger partial charge in [-0.3, -0.25) is 14.7 Å². The molecule has 2 aliphatic heterocycles. The van der Waals surface area contributed by atoms with Crippen LogP contribution in [0.4, 0.5) is 5.95 Å². The van der Waals surface area contributed by atoms with Crippen molar-refractivity contribution in [2.75, 3.05) is 77.0 Å². The third-order valence-electron chi connectivity index (χ3n) is 9.76. The lowest BCUT2D eigenvalue weighted by Crippen LogP contribution is -2.55. The first-order valence-corrected chi connectivity index (χ1v) is 17.7. The van der Waals surface area contributed by atoms with E-state index in [0.717, 1.165) is 70.3 Å². The molecule has 3 aliphatic rings. The summed E-state index contributed by atoms with van der Waals surface area (Å²) in [5, 5.41) is 0. The Kier molecular flexibility index (Phi) is 12.2. The zero-order valence-electron chi connectivity index (χ0n) is 30.5. The summed E-state index contributed by atoms with van der Waals surface area (Å²) >= 11 is 0. The Hall–Kier alpha value is -1.52. The van der Waals surface area contributed by atoms with Gasteiger partial charge in [-0.1, -0.05) is 0 Å². The van der Waals surface area contributed by atoms with E-state index in [2.05, 4.69) is 78.0 Å². The molecule has 9 nitrogen and oxygen atoms in total. The van der Waals surface area contributed by atoms with Gasteiger partial charge < -0.3 is 19.1 Å². The lowest BCUT2D eigenvalue weighted by atomic mass is 9.92. The number of hydrogen-bond donors (Lipinski definition) is 0. The fraction of sp³-hybridized carbons (Fsp3) is 0.889. The van der Waals surface area contributed by atoms with Crippen LogP contribution in [0.15, 0.2) is 12.4 Å². The summed E-state index contributed by atoms with van der Waals surface area (Å²) in [5.74, 6) is 2.28. The smallest absolute Gasteiger partial charge is 0.225 e. The van der Waals surface area contributed by atoms with Crippen LogP contribution in [0.3, 0.4) is 0 Å². The summed E-state index contributed by atoms with van der Waals surface area (Å²) < 4.78 is 18.8. The first kappa shape index (κ1) is 36.3. The molecular weight excluding hydrogens is 564 g/mol. The van der Waals surface area contributed by atoms with Gasteiger partial charge in [0.1, 0.15) is 5.60 Å². The number of aromatic nitrogens is 2. The van der Waals surface area contributed by atoms with Crippen LogP contribution in [-0.4, -0.2) is 125 Å². The van der Waals surface area contributed by atoms with Gasteiger partial charge in [-0.05, 0) is 101 Å². The molecule has 3 fully saturated rings. The molecule has 0 radical (unpaired) electrons. The first-order valence-electron chi connectivity index (χ1n) is 17.7. The summed E-state index contributed by atoms with van der Waals surface area (Å²) in [6.07, 6.45) is 9.66. The predicted molar refractivity (Wildman–Crippen MR) is 184 cm³/mol. The van der Waals surface area contributed by atoms with Crippen LogP contribution >= 0.6 is 0 Å². The standard InChI is InChI=1S/C36H66N6O3/c1-33(2,3)42-20-18-40(19-21-42)30-12-11-29(25-30)13-23-43-35(7,8)28-36(9,10)44-24-22-39-14-16-41(17-15-39)32-37-26-31(27-38-32)45-34(4,5)6/h26-27,29-30H,11-25,28H2,1-10H3. The van der Waals surface area contributed by atoms with Gasteiger partial charge in [0.2, 0.25) is 5.95 Å². The van der Waals surface area contributed by atoms with E-state index in [1.54, 1.807) is 12.4 Å². The van der Waals surface area contributed by atoms with E-state index in [4.69, 9.17) is 14.2 Å². The molecule has 3 heterocycles. The van der Waals surface area contributed by atoms with E-state index in [0.29, 0.717) is 5.75 Å². The second kappa shape index (κ2) is 15.1. The number of rotatable bonds is 13. The second-order valence-corrected chi connectivity index (χ2v) is 17.0. The van der Waals surface area contributed by atoms with Crippen LogP contribution in [0, 0.1) is 5.92 Å². The Labute approximate surface area is 275 Å². The number of piperazine rings is 2. The van der Waals surface area contributed by atoms with E-state index in [-0.39, 0.29) is 22.3 Å². The topological polar surface area (TPSA) is 66.4 Å². The van der Waals surface area contributed by atoms with Crippen molar-refractivity contribution in [2.24, 2.45) is 5.92 Å². The molecule has 258 valence electrons. The van der Waals surface area contributed by atoms with Crippen molar-refractivity contribution in [3.8, 4) is 5.75 Å². The van der Waals surface area contributed by atoms with E-state index >= 15 is 0 Å². The fourth-order valence-electron chi connectivity index (χ4n) is 7.53. The fourth-order valence-corrected chi connectivity index (χ4v) is 7.53. The molecule has 0 amide bonds. The largest absolute Gasteiger partial charge is 0.485 e. The van der Waals surface area contributed by atoms with Crippen molar-refractivity contribution < 1.29 is 14.2 Å². The molecule has 2 unspecified atom stereocenters. The molecule has 4 rings (SSSR count). The second-order valence-electron chi connectivity index (χ2n) is 17.0. The van der Waals surface area contributed by atoms with Crippen LogP contribution in [0.25, 0.3) is 0 Å². The molecule has 0 bridgehead atoms. The minimum atomic E-state index is -0.252. The quantitative estimate of drug-likeness (QED) is 0.272. The maximum atomic E-state index is 6.50. The highest BCUT2D eigenvalue weighted by Gasteiger charge is 2.34. The Balaban J connectivity index is 1.08. The van der Waals surface area contributed by atoms with Gasteiger partial charge in [0.05, 0.1) is 30.2 Å². The Morgan fingerprint density at radius 2 is 1.33 bits per heavy atom. The van der Waals surface area contributed by atoms with Gasteiger partial charge in [0.15, 0.2) is 5.75 Å². The predicted octanol–water partition coefficient (Wildman–Crippen LogP) is 5.73. The van der Waals surface area contributed by atoms with Gasteiger partial charge in [0.25, 0.3) is 0 Å². The highest BCUT2D eigenvalue weighted by Crippen LogP contribution is 2.34. The van der Waals surface area contributed by atoms with Gasteiger partial charge >= 0.3 is 0 Å². The van der Waals surface area contributed by atoms with Crippen molar-refractivity contribution in [1.82, 2.24) is 24.7 Å². The molecule has 9 heteroatoms. The molecule has 0 aromatic carbocycles. The third-order valence-corrected chi connectivity index (χ3v) is 9.76. The van der Waals surface area contributed by atoms with Gasteiger partial charge in [-0.25, -0.2) is 9.97 Å². The van der Waals surface area contributed by atoms with Crippen LogP contribution < -0.4 is 9.64 Å². The molecule has 1 saturated carbocycles. The normalized spacial score (nSPS) is 23.6. The molecule has 0 spiro atoms. The third kappa shape index (κ3) is 11.9. The molecular formula is C36H66N6O3. The van der Waals surface area contributed by atoms with Crippen LogP contribution in [0.1, 0.15) is 101 Å². The zero-order valence-corrected chi connectivity index (χ0v) is 30.5. The monoisotopic (exact) mass is 631 g/mol. The number of anilines is 1. The van der Waals surface area contributed by atoms with E-state index < -0.39 is 0 Å². The maximum absolute atomic E-state index is 6.50. The van der Waals surface area contributed by atoms with Gasteiger partial charge in [-0.2, -0.15) is 0 Å². The average Bonchev–Trinajstić information content (AvgIpc) is 3.41. The molecule has 0 N–H and O–H groups in total. The zero-order chi connectivity index (χ0) is 32.9. The number of nitrogens with zero attached hydrogens (tertiary/aromatic N) is 6. The Bertz CT molecular complexity index is 1020. The van der Waals surface area contributed by atoms with Crippen molar-refractivity contribution in [2.45, 2.75) is 130 Å². The molecule has 1 aliphatic carbocycles. The van der Waals surface area contributed by atoms with E-state index in [1.807, 2.05) is 20.8 Å². The van der Waals surface area contributed by atoms with Crippen molar-refractivity contribution >= 4 is 5.95 Å². The Morgan fingerprint density at radius 1 is 0.733 bits per heavy atom. The number of ether oxygens (including phenoxy) is 3. The van der Waals surface area contributed by atoms with Crippen molar-refractivity contribution in [3.63, 3.8) is 0 Å². The van der Waals surface area contributed by atoms with Gasteiger partial charge in [0, 0.05) is 83.5 Å². The highest BCUT2D eigenvalue weighted by atomic mass is 16.5. The maximum Gasteiger partial charge on any atom is 0.225 e. The molecule has 45 heavy (non-hydrogen) atoms. The summed E-state index contributed by atoms with van der Waals surface area (Å²) in [6.45, 7) is 33.2. The van der Waals surface area contributed by atoms with Crippen molar-refractivity contribution in [3.05, 3.63) is 12.4 Å². The summed E-state index contributed by atoms with van der Waals surface area (Å²) in [6, 6.07) is 0.772. The first-order chi connectivity index (χ1) is 21.0. The Morgan fingerprint density at radius 3 is 1.91 bits per heavy atom. The average molecular weight is 631 g/mol. The van der Waals surface area contributed by atoms with Crippen LogP contribution in [0.5, 0.6) is 5.75 Å². The lowest BCUT2D eigenvalue weighted by Gasteiger charge is -2.44. The van der Waals surface area contributed by atoms with Crippen LogP contribution in [0.2, 0.25) is 0 Å². The molecule has 1 aromatic heterocycles. The number of hydrogen-bond acceptors (Lipinski definition) is 9. The molecule has 1 aromatic rings. The SMILES string of the molecule is CC(C)(C)Oc1cnc(N2CCN(CCOC(C)(C)CC(C)(C)OCCC3CCC(N4CCN(C(C)(C)C)CC4)C3)CC2)nc1. The minimum Gasteiger partial charge on any atom is -0.485 e. The summed E-state index contributed by atoms with van der Waals surface area (Å²) in [4.78, 5) is 19.2. The highest BCUT2D eigenvalue weighted by molar-refractivity contribution is 5.32. The molecule has 2 atom stereocenters. The molecule has 2 saturated heterocycles. The van der Waals surface area contributed by atoms with E-state index in [1.165, 1.54) is 51.9 Å². The minimum absolute atomic E-state index is 0.204.